The van der Waals surface area contributed by atoms with Gasteiger partial charge in [0.25, 0.3) is 0 Å². The number of methoxy groups -OCH3 is 1. The minimum absolute atomic E-state index is 0.0976. The molecule has 0 unspecified atom stereocenters. The molecule has 0 fully saturated rings. The number of hydrogen-bond donors (Lipinski definition) is 1. The summed E-state index contributed by atoms with van der Waals surface area (Å²) in [5.74, 6) is -0.0835. The van der Waals surface area contributed by atoms with Crippen molar-refractivity contribution in [2.75, 3.05) is 75.6 Å². The number of aromatic amines is 1. The van der Waals surface area contributed by atoms with Crippen molar-refractivity contribution in [2.24, 2.45) is 4.99 Å². The van der Waals surface area contributed by atoms with Gasteiger partial charge >= 0.3 is 0 Å². The van der Waals surface area contributed by atoms with E-state index in [2.05, 4.69) is 34.0 Å². The van der Waals surface area contributed by atoms with Gasteiger partial charge in [0, 0.05) is 60.7 Å². The van der Waals surface area contributed by atoms with Crippen molar-refractivity contribution in [3.05, 3.63) is 77.7 Å². The van der Waals surface area contributed by atoms with Gasteiger partial charge in [0.15, 0.2) is 0 Å². The third kappa shape index (κ3) is 6.43. The number of likely N-dealkylation sites (N-methyl/N-ethyl adjacent to an activating group) is 2. The number of rotatable bonds is 10. The molecule has 1 aliphatic rings. The number of nitrogens with one attached hydrogen (secondary N) is 1. The Morgan fingerprint density at radius 2 is 1.85 bits per heavy atom. The van der Waals surface area contributed by atoms with Crippen LogP contribution in [-0.4, -0.2) is 106 Å². The smallest absolute Gasteiger partial charge is 0.149 e. The second-order valence-electron chi connectivity index (χ2n) is 11.1. The molecule has 40 heavy (non-hydrogen) atoms. The molecule has 2 heterocycles. The number of para-hydroxylation sites is 1. The van der Waals surface area contributed by atoms with Crippen LogP contribution in [0.1, 0.15) is 5.56 Å². The monoisotopic (exact) mass is 546 g/mol. The molecule has 1 N–H and O–H groups in total. The minimum atomic E-state index is -0.527. The Balaban J connectivity index is 1.70. The van der Waals surface area contributed by atoms with E-state index in [9.17, 15) is 5.11 Å². The maximum Gasteiger partial charge on any atom is 0.149 e. The second-order valence-corrected chi connectivity index (χ2v) is 11.1. The van der Waals surface area contributed by atoms with Crippen molar-refractivity contribution in [2.45, 2.75) is 0 Å². The molecule has 2 aromatic heterocycles. The van der Waals surface area contributed by atoms with Crippen LogP contribution in [0.2, 0.25) is 0 Å². The van der Waals surface area contributed by atoms with E-state index in [1.807, 2.05) is 50.6 Å². The van der Waals surface area contributed by atoms with E-state index >= 15 is 4.39 Å². The number of halogens is 1. The lowest BCUT2D eigenvalue weighted by Gasteiger charge is -2.31. The standard InChI is InChI=1S/C31H39FN6O2/c1-36(2)13-15-38(5,6)14-12-33-29-25(31(39)37(3)4)16-21(18-27(29)32)22-17-24-26(20-35-30(24)34-19-22)23-10-8-9-11-28(23)40-7/h8-11,16-20H,12-15H2,1-7H3,(H-,33,34,35,39). The van der Waals surface area contributed by atoms with Gasteiger partial charge in [-0.1, -0.05) is 18.2 Å². The van der Waals surface area contributed by atoms with Gasteiger partial charge in [0.05, 0.1) is 40.8 Å². The van der Waals surface area contributed by atoms with Crippen LogP contribution in [0.3, 0.4) is 0 Å². The maximum atomic E-state index is 15.7. The normalized spacial score (nSPS) is 16.4. The molecule has 1 aromatic carbocycles. The Hall–Kier alpha value is -3.95. The fourth-order valence-electron chi connectivity index (χ4n) is 4.60. The molecule has 0 saturated carbocycles. The maximum absolute atomic E-state index is 15.7. The highest BCUT2D eigenvalue weighted by atomic mass is 19.1. The van der Waals surface area contributed by atoms with Crippen LogP contribution in [0.15, 0.2) is 77.2 Å². The van der Waals surface area contributed by atoms with Gasteiger partial charge in [-0.2, -0.15) is 0 Å². The van der Waals surface area contributed by atoms with Crippen molar-refractivity contribution in [3.8, 4) is 16.9 Å². The number of allylic oxidation sites excluding steroid dienone is 5. The Morgan fingerprint density at radius 1 is 1.10 bits per heavy atom. The molecule has 212 valence electrons. The Labute approximate surface area is 236 Å². The summed E-state index contributed by atoms with van der Waals surface area (Å²) in [7, 11) is 13.3. The van der Waals surface area contributed by atoms with Crippen molar-refractivity contribution < 1.29 is 18.7 Å². The highest BCUT2D eigenvalue weighted by Gasteiger charge is 2.22. The van der Waals surface area contributed by atoms with Crippen molar-refractivity contribution >= 4 is 22.3 Å². The van der Waals surface area contributed by atoms with Gasteiger partial charge in [-0.15, -0.1) is 0 Å². The summed E-state index contributed by atoms with van der Waals surface area (Å²) >= 11 is 0. The zero-order chi connectivity index (χ0) is 29.0. The van der Waals surface area contributed by atoms with Crippen molar-refractivity contribution in [1.29, 1.82) is 0 Å². The molecule has 0 amide bonds. The van der Waals surface area contributed by atoms with Crippen LogP contribution in [0.25, 0.3) is 27.7 Å². The van der Waals surface area contributed by atoms with Crippen LogP contribution in [0, 0.1) is 0 Å². The fraction of sp³-hybridized carbons (Fsp3) is 0.355. The fourth-order valence-corrected chi connectivity index (χ4v) is 4.60. The molecule has 3 aromatic rings. The van der Waals surface area contributed by atoms with Crippen molar-refractivity contribution in [3.63, 3.8) is 0 Å². The zero-order valence-electron chi connectivity index (χ0n) is 24.5. The highest BCUT2D eigenvalue weighted by molar-refractivity contribution is 6.17. The predicted molar refractivity (Wildman–Crippen MR) is 159 cm³/mol. The molecule has 0 spiro atoms. The van der Waals surface area contributed by atoms with Crippen LogP contribution in [0.5, 0.6) is 5.75 Å². The first-order valence-corrected chi connectivity index (χ1v) is 13.3. The van der Waals surface area contributed by atoms with Crippen LogP contribution < -0.4 is 9.84 Å². The number of nitrogens with zero attached hydrogens (tertiary/aromatic N) is 5. The number of benzene rings is 1. The average Bonchev–Trinajstić information content (AvgIpc) is 3.35. The lowest BCUT2D eigenvalue weighted by Crippen LogP contribution is -2.46. The number of hydrogen-bond acceptors (Lipinski definition) is 6. The van der Waals surface area contributed by atoms with Crippen molar-refractivity contribution in [1.82, 2.24) is 19.8 Å². The number of pyridine rings is 1. The summed E-state index contributed by atoms with van der Waals surface area (Å²) in [4.78, 5) is 16.0. The first-order chi connectivity index (χ1) is 19.0. The molecule has 8 nitrogen and oxygen atoms in total. The van der Waals surface area contributed by atoms with E-state index < -0.39 is 5.83 Å². The molecular weight excluding hydrogens is 507 g/mol. The molecule has 1 aliphatic carbocycles. The van der Waals surface area contributed by atoms with Gasteiger partial charge < -0.3 is 29.1 Å². The van der Waals surface area contributed by atoms with E-state index in [0.29, 0.717) is 23.3 Å². The lowest BCUT2D eigenvalue weighted by atomic mass is 9.94. The lowest BCUT2D eigenvalue weighted by molar-refractivity contribution is -0.888. The predicted octanol–water partition coefficient (Wildman–Crippen LogP) is 3.70. The van der Waals surface area contributed by atoms with Gasteiger partial charge in [-0.25, -0.2) is 9.37 Å². The third-order valence-corrected chi connectivity index (χ3v) is 7.09. The van der Waals surface area contributed by atoms with E-state index in [-0.39, 0.29) is 17.2 Å². The number of aliphatic imine (C=N–C) groups is 1. The Kier molecular flexibility index (Phi) is 8.76. The molecule has 0 saturated heterocycles. The minimum Gasteiger partial charge on any atom is -0.860 e. The second kappa shape index (κ2) is 12.1. The Morgan fingerprint density at radius 3 is 2.55 bits per heavy atom. The molecule has 4 rings (SSSR count). The molecule has 0 aliphatic heterocycles. The first kappa shape index (κ1) is 29.0. The zero-order valence-corrected chi connectivity index (χ0v) is 24.5. The number of ether oxygens (including phenoxy) is 1. The molecule has 0 atom stereocenters. The SMILES string of the molecule is COc1ccccc1-c1c[nH]c2ncc(C3=C/C(=C(\[O-])N(C)C)C(=NCC[N+](C)(C)CCN(C)C)C(F)=C3)cc12. The third-order valence-electron chi connectivity index (χ3n) is 7.09. The number of quaternary nitrogens is 1. The largest absolute Gasteiger partial charge is 0.860 e. The van der Waals surface area contributed by atoms with E-state index in [1.54, 1.807) is 33.5 Å². The number of aromatic nitrogens is 2. The summed E-state index contributed by atoms with van der Waals surface area (Å²) in [6.45, 7) is 3.02. The summed E-state index contributed by atoms with van der Waals surface area (Å²) in [5, 5.41) is 14.0. The summed E-state index contributed by atoms with van der Waals surface area (Å²) in [6, 6.07) is 9.72. The first-order valence-electron chi connectivity index (χ1n) is 13.3. The van der Waals surface area contributed by atoms with E-state index in [0.717, 1.165) is 46.4 Å². The quantitative estimate of drug-likeness (QED) is 0.310. The topological polar surface area (TPSA) is 79.8 Å². The Bertz CT molecular complexity index is 1500. The highest BCUT2D eigenvalue weighted by Crippen LogP contribution is 2.36. The number of H-pyrrole nitrogens is 1. The van der Waals surface area contributed by atoms with E-state index in [4.69, 9.17) is 4.74 Å². The molecule has 0 radical (unpaired) electrons. The van der Waals surface area contributed by atoms with E-state index in [1.165, 1.54) is 11.0 Å². The van der Waals surface area contributed by atoms with Gasteiger partial charge in [0.2, 0.25) is 0 Å². The van der Waals surface area contributed by atoms with Gasteiger partial charge in [0.1, 0.15) is 22.9 Å². The summed E-state index contributed by atoms with van der Waals surface area (Å²) in [6.07, 6.45) is 6.73. The van der Waals surface area contributed by atoms with Crippen LogP contribution in [-0.2, 0) is 0 Å². The number of fused-ring (bicyclic) bond motifs is 1. The summed E-state index contributed by atoms with van der Waals surface area (Å²) in [5.41, 5.74) is 4.14. The molecule has 9 heteroatoms. The van der Waals surface area contributed by atoms with Crippen LogP contribution in [0.4, 0.5) is 4.39 Å². The average molecular weight is 547 g/mol. The van der Waals surface area contributed by atoms with Gasteiger partial charge in [-0.05, 0) is 49.8 Å². The van der Waals surface area contributed by atoms with Crippen LogP contribution >= 0.6 is 0 Å². The van der Waals surface area contributed by atoms with Gasteiger partial charge in [-0.3, -0.25) is 4.99 Å². The molecule has 0 bridgehead atoms. The molecular formula is C31H39FN6O2. The summed E-state index contributed by atoms with van der Waals surface area (Å²) < 4.78 is 22.0.